The molecule has 1 fully saturated rings. The molecule has 1 atom stereocenters. The van der Waals surface area contributed by atoms with E-state index in [1.54, 1.807) is 20.8 Å². The Bertz CT molecular complexity index is 725. The van der Waals surface area contributed by atoms with Crippen molar-refractivity contribution in [3.8, 4) is 11.5 Å². The molecule has 136 valence electrons. The van der Waals surface area contributed by atoms with Crippen molar-refractivity contribution in [2.24, 2.45) is 5.92 Å². The number of amides is 1. The fourth-order valence-electron chi connectivity index (χ4n) is 2.49. The molecule has 8 heteroatoms. The second-order valence-electron chi connectivity index (χ2n) is 6.88. The molecule has 1 unspecified atom stereocenters. The highest BCUT2D eigenvalue weighted by molar-refractivity contribution is 6.32. The highest BCUT2D eigenvalue weighted by atomic mass is 35.5. The van der Waals surface area contributed by atoms with Crippen LogP contribution in [0.5, 0.6) is 11.5 Å². The first-order valence-electron chi connectivity index (χ1n) is 7.76. The van der Waals surface area contributed by atoms with Gasteiger partial charge in [0.15, 0.2) is 5.78 Å². The maximum atomic E-state index is 12.6. The molecule has 1 aliphatic rings. The summed E-state index contributed by atoms with van der Waals surface area (Å²) in [6.45, 7) is 5.20. The molecule has 7 nitrogen and oxygen atoms in total. The lowest BCUT2D eigenvalue weighted by Crippen LogP contribution is -2.48. The third-order valence-corrected chi connectivity index (χ3v) is 4.02. The van der Waals surface area contributed by atoms with Crippen LogP contribution in [0.15, 0.2) is 12.1 Å². The van der Waals surface area contributed by atoms with Gasteiger partial charge in [-0.15, -0.1) is 0 Å². The summed E-state index contributed by atoms with van der Waals surface area (Å²) in [6.07, 6.45) is -0.590. The van der Waals surface area contributed by atoms with Crippen LogP contribution in [0.4, 0.5) is 4.79 Å². The highest BCUT2D eigenvalue weighted by Crippen LogP contribution is 2.33. The monoisotopic (exact) mass is 369 g/mol. The van der Waals surface area contributed by atoms with E-state index in [0.717, 1.165) is 12.1 Å². The number of benzene rings is 1. The lowest BCUT2D eigenvalue weighted by atomic mass is 9.88. The Morgan fingerprint density at radius 3 is 2.48 bits per heavy atom. The second-order valence-corrected chi connectivity index (χ2v) is 7.29. The molecule has 0 saturated carbocycles. The first-order chi connectivity index (χ1) is 11.5. The van der Waals surface area contributed by atoms with E-state index in [0.29, 0.717) is 0 Å². The first kappa shape index (κ1) is 19.1. The summed E-state index contributed by atoms with van der Waals surface area (Å²) in [5.74, 6) is -2.95. The molecule has 1 aromatic rings. The maximum absolute atomic E-state index is 12.6. The van der Waals surface area contributed by atoms with E-state index in [1.807, 2.05) is 0 Å². The Balaban J connectivity index is 2.22. The van der Waals surface area contributed by atoms with Gasteiger partial charge in [0.2, 0.25) is 0 Å². The molecule has 1 aliphatic heterocycles. The number of hydrogen-bond acceptors (Lipinski definition) is 6. The van der Waals surface area contributed by atoms with E-state index < -0.39 is 29.1 Å². The Labute approximate surface area is 150 Å². The van der Waals surface area contributed by atoms with Crippen molar-refractivity contribution in [1.29, 1.82) is 0 Å². The zero-order chi connectivity index (χ0) is 18.9. The minimum Gasteiger partial charge on any atom is -0.507 e. The maximum Gasteiger partial charge on any atom is 0.410 e. The average Bonchev–Trinajstić information content (AvgIpc) is 2.49. The van der Waals surface area contributed by atoms with Crippen molar-refractivity contribution >= 4 is 29.3 Å². The molecule has 0 spiro atoms. The zero-order valence-corrected chi connectivity index (χ0v) is 15.0. The molecule has 0 aliphatic carbocycles. The van der Waals surface area contributed by atoms with Crippen LogP contribution in [-0.2, 0) is 9.53 Å². The SMILES string of the molecule is CC(C)(C)OC(=O)N1CCC(=O)C(C(=O)c2cc(Cl)c(O)cc2O)C1. The number of ether oxygens (including phenoxy) is 1. The molecule has 0 bridgehead atoms. The predicted molar refractivity (Wildman–Crippen MR) is 90.0 cm³/mol. The number of halogens is 1. The first-order valence-corrected chi connectivity index (χ1v) is 8.13. The smallest absolute Gasteiger partial charge is 0.410 e. The summed E-state index contributed by atoms with van der Waals surface area (Å²) in [5.41, 5.74) is -0.868. The number of piperidine rings is 1. The molecule has 0 aromatic heterocycles. The van der Waals surface area contributed by atoms with E-state index in [1.165, 1.54) is 4.90 Å². The van der Waals surface area contributed by atoms with Gasteiger partial charge in [-0.1, -0.05) is 11.6 Å². The lowest BCUT2D eigenvalue weighted by Gasteiger charge is -2.32. The van der Waals surface area contributed by atoms with Crippen LogP contribution < -0.4 is 0 Å². The summed E-state index contributed by atoms with van der Waals surface area (Å²) in [4.78, 5) is 38.3. The molecule has 2 N–H and O–H groups in total. The standard InChI is InChI=1S/C17H20ClNO6/c1-17(2,3)25-16(24)19-5-4-12(20)10(8-19)15(23)9-6-11(18)14(22)7-13(9)21/h6-7,10,21-22H,4-5,8H2,1-3H3. The summed E-state index contributed by atoms with van der Waals surface area (Å²) in [6, 6.07) is 2.04. The minimum absolute atomic E-state index is 0.0161. The predicted octanol–water partition coefficient (Wildman–Crippen LogP) is 2.76. The molecule has 1 aromatic carbocycles. The molecule has 0 radical (unpaired) electrons. The van der Waals surface area contributed by atoms with Crippen LogP contribution in [0.25, 0.3) is 0 Å². The van der Waals surface area contributed by atoms with Crippen LogP contribution in [0, 0.1) is 5.92 Å². The minimum atomic E-state index is -1.12. The Morgan fingerprint density at radius 1 is 1.24 bits per heavy atom. The normalized spacial score (nSPS) is 18.2. The fourth-order valence-corrected chi connectivity index (χ4v) is 2.65. The Hall–Kier alpha value is -2.28. The molecular weight excluding hydrogens is 350 g/mol. The van der Waals surface area contributed by atoms with E-state index in [2.05, 4.69) is 0 Å². The van der Waals surface area contributed by atoms with Crippen molar-refractivity contribution in [3.05, 3.63) is 22.7 Å². The number of phenolic OH excluding ortho intramolecular Hbond substituents is 2. The third-order valence-electron chi connectivity index (χ3n) is 3.72. The van der Waals surface area contributed by atoms with Gasteiger partial charge in [-0.25, -0.2) is 4.79 Å². The lowest BCUT2D eigenvalue weighted by molar-refractivity contribution is -0.124. The van der Waals surface area contributed by atoms with Gasteiger partial charge in [0.05, 0.1) is 16.5 Å². The molecule has 1 heterocycles. The summed E-state index contributed by atoms with van der Waals surface area (Å²) in [7, 11) is 0. The number of aromatic hydroxyl groups is 2. The van der Waals surface area contributed by atoms with Gasteiger partial charge >= 0.3 is 6.09 Å². The van der Waals surface area contributed by atoms with Gasteiger partial charge in [0.25, 0.3) is 0 Å². The van der Waals surface area contributed by atoms with Crippen molar-refractivity contribution in [2.45, 2.75) is 32.8 Å². The number of rotatable bonds is 2. The third kappa shape index (κ3) is 4.42. The average molecular weight is 370 g/mol. The van der Waals surface area contributed by atoms with Crippen LogP contribution in [-0.4, -0.2) is 51.5 Å². The number of hydrogen-bond donors (Lipinski definition) is 2. The van der Waals surface area contributed by atoms with E-state index >= 15 is 0 Å². The van der Waals surface area contributed by atoms with Crippen molar-refractivity contribution < 1.29 is 29.3 Å². The van der Waals surface area contributed by atoms with Crippen LogP contribution in [0.1, 0.15) is 37.6 Å². The highest BCUT2D eigenvalue weighted by Gasteiger charge is 2.37. The largest absolute Gasteiger partial charge is 0.507 e. The van der Waals surface area contributed by atoms with Gasteiger partial charge in [-0.2, -0.15) is 0 Å². The van der Waals surface area contributed by atoms with Crippen LogP contribution in [0.3, 0.4) is 0 Å². The Kier molecular flexibility index (Phi) is 5.27. The van der Waals surface area contributed by atoms with E-state index in [-0.39, 0.29) is 41.6 Å². The van der Waals surface area contributed by atoms with Crippen LogP contribution >= 0.6 is 11.6 Å². The van der Waals surface area contributed by atoms with Crippen LogP contribution in [0.2, 0.25) is 5.02 Å². The van der Waals surface area contributed by atoms with Gasteiger partial charge in [0.1, 0.15) is 22.9 Å². The van der Waals surface area contributed by atoms with Crippen molar-refractivity contribution in [1.82, 2.24) is 4.90 Å². The molecule has 1 saturated heterocycles. The summed E-state index contributed by atoms with van der Waals surface area (Å²) >= 11 is 5.77. The zero-order valence-electron chi connectivity index (χ0n) is 14.2. The number of phenols is 2. The number of likely N-dealkylation sites (tertiary alicyclic amines) is 1. The summed E-state index contributed by atoms with van der Waals surface area (Å²) < 4.78 is 5.27. The van der Waals surface area contributed by atoms with Gasteiger partial charge < -0.3 is 19.8 Å². The second kappa shape index (κ2) is 6.92. The summed E-state index contributed by atoms with van der Waals surface area (Å²) in [5, 5.41) is 19.2. The molecule has 25 heavy (non-hydrogen) atoms. The van der Waals surface area contributed by atoms with E-state index in [9.17, 15) is 24.6 Å². The number of Topliss-reactive ketones (excluding diaryl/α,β-unsaturated/α-hetero) is 2. The number of nitrogens with zero attached hydrogens (tertiary/aromatic N) is 1. The van der Waals surface area contributed by atoms with E-state index in [4.69, 9.17) is 16.3 Å². The molecular formula is C17H20ClNO6. The van der Waals surface area contributed by atoms with Crippen molar-refractivity contribution in [3.63, 3.8) is 0 Å². The van der Waals surface area contributed by atoms with Gasteiger partial charge in [-0.05, 0) is 26.8 Å². The molecule has 2 rings (SSSR count). The fraction of sp³-hybridized carbons (Fsp3) is 0.471. The number of carbonyl (C=O) groups is 3. The van der Waals surface area contributed by atoms with Gasteiger partial charge in [-0.3, -0.25) is 9.59 Å². The Morgan fingerprint density at radius 2 is 1.88 bits per heavy atom. The van der Waals surface area contributed by atoms with Crippen molar-refractivity contribution in [2.75, 3.05) is 13.1 Å². The molecule has 1 amide bonds. The quantitative estimate of drug-likeness (QED) is 0.613. The number of carbonyl (C=O) groups excluding carboxylic acids is 3. The topological polar surface area (TPSA) is 104 Å². The van der Waals surface area contributed by atoms with Gasteiger partial charge in [0, 0.05) is 25.6 Å². The number of ketones is 2.